The Hall–Kier alpha value is -2.68. The molecule has 0 spiro atoms. The van der Waals surface area contributed by atoms with Crippen molar-refractivity contribution >= 4 is 46.8 Å². The quantitative estimate of drug-likeness (QED) is 0.397. The number of carbonyl (C=O) groups excluding carboxylic acids is 1. The molecule has 0 saturated heterocycles. The van der Waals surface area contributed by atoms with Crippen LogP contribution in [0.2, 0.25) is 10.0 Å². The van der Waals surface area contributed by atoms with Crippen LogP contribution >= 0.6 is 35.0 Å². The van der Waals surface area contributed by atoms with Crippen molar-refractivity contribution in [1.82, 2.24) is 14.8 Å². The van der Waals surface area contributed by atoms with E-state index in [4.69, 9.17) is 33.7 Å². The highest BCUT2D eigenvalue weighted by atomic mass is 35.5. The number of anilines is 1. The first-order chi connectivity index (χ1) is 15.9. The third kappa shape index (κ3) is 5.13. The number of allylic oxidation sites excluding steroid dienone is 1. The molecule has 2 aromatic carbocycles. The number of carbonyl (C=O) groups is 1. The standard InChI is InChI=1S/C23H23Cl2N5O2S/c1-3-9-33-23-28-22-27-13(2)19(21(26)31)20(30(22)29-23)14-5-4-6-17(10-14)32-12-15-7-8-16(24)11-18(15)25/h4-8,10-11,20H,3,9,12H2,1-2H3,(H2,26,31)(H,27,28,29). The highest BCUT2D eigenvalue weighted by Gasteiger charge is 2.33. The SMILES string of the molecule is CCCSc1nc2n(n1)C(c1cccc(OCc3ccc(Cl)cc3Cl)c1)C(C(N)=O)=C(C)N2. The molecule has 0 saturated carbocycles. The summed E-state index contributed by atoms with van der Waals surface area (Å²) in [5, 5.41) is 9.56. The van der Waals surface area contributed by atoms with Gasteiger partial charge in [-0.2, -0.15) is 4.98 Å². The number of nitrogens with zero attached hydrogens (tertiary/aromatic N) is 3. The summed E-state index contributed by atoms with van der Waals surface area (Å²) in [4.78, 5) is 17.0. The second-order valence-corrected chi connectivity index (χ2v) is 9.44. The maximum absolute atomic E-state index is 12.4. The molecular formula is C23H23Cl2N5O2S. The van der Waals surface area contributed by atoms with Gasteiger partial charge < -0.3 is 15.8 Å². The molecule has 0 fully saturated rings. The largest absolute Gasteiger partial charge is 0.489 e. The molecule has 3 N–H and O–H groups in total. The maximum Gasteiger partial charge on any atom is 0.248 e. The second kappa shape index (κ2) is 10.1. The first kappa shape index (κ1) is 23.5. The molecule has 10 heteroatoms. The lowest BCUT2D eigenvalue weighted by Gasteiger charge is -2.27. The van der Waals surface area contributed by atoms with Gasteiger partial charge >= 0.3 is 0 Å². The molecule has 3 aromatic rings. The Kier molecular flexibility index (Phi) is 7.17. The molecule has 1 aliphatic rings. The number of nitrogens with one attached hydrogen (secondary N) is 1. The molecule has 1 amide bonds. The topological polar surface area (TPSA) is 95.1 Å². The summed E-state index contributed by atoms with van der Waals surface area (Å²) in [7, 11) is 0. The van der Waals surface area contributed by atoms with E-state index in [1.807, 2.05) is 37.3 Å². The van der Waals surface area contributed by atoms with Crippen molar-refractivity contribution in [2.24, 2.45) is 5.73 Å². The summed E-state index contributed by atoms with van der Waals surface area (Å²) in [5.74, 6) is 1.58. The number of benzene rings is 2. The Labute approximate surface area is 206 Å². The van der Waals surface area contributed by atoms with Crippen LogP contribution in [0.4, 0.5) is 5.95 Å². The lowest BCUT2D eigenvalue weighted by atomic mass is 9.95. The summed E-state index contributed by atoms with van der Waals surface area (Å²) in [5.41, 5.74) is 8.48. The average molecular weight is 504 g/mol. The number of ether oxygens (including phenoxy) is 1. The monoisotopic (exact) mass is 503 g/mol. The fourth-order valence-electron chi connectivity index (χ4n) is 3.59. The number of hydrogen-bond acceptors (Lipinski definition) is 6. The van der Waals surface area contributed by atoms with Gasteiger partial charge in [0.2, 0.25) is 17.0 Å². The minimum Gasteiger partial charge on any atom is -0.489 e. The summed E-state index contributed by atoms with van der Waals surface area (Å²) >= 11 is 13.8. The van der Waals surface area contributed by atoms with Crippen LogP contribution in [0.15, 0.2) is 58.9 Å². The number of hydrogen-bond donors (Lipinski definition) is 2. The van der Waals surface area contributed by atoms with Crippen molar-refractivity contribution < 1.29 is 9.53 Å². The van der Waals surface area contributed by atoms with E-state index in [-0.39, 0.29) is 6.61 Å². The van der Waals surface area contributed by atoms with Gasteiger partial charge in [-0.15, -0.1) is 5.10 Å². The molecule has 2 heterocycles. The smallest absolute Gasteiger partial charge is 0.248 e. The number of aromatic nitrogens is 3. The van der Waals surface area contributed by atoms with Crippen molar-refractivity contribution in [1.29, 1.82) is 0 Å². The van der Waals surface area contributed by atoms with Gasteiger partial charge in [-0.1, -0.05) is 60.1 Å². The van der Waals surface area contributed by atoms with Gasteiger partial charge in [0.1, 0.15) is 18.4 Å². The first-order valence-corrected chi connectivity index (χ1v) is 12.1. The number of rotatable bonds is 8. The molecule has 0 aliphatic carbocycles. The molecule has 1 aliphatic heterocycles. The van der Waals surface area contributed by atoms with Crippen molar-refractivity contribution in [3.05, 3.63) is 74.9 Å². The molecule has 1 atom stereocenters. The molecule has 0 bridgehead atoms. The van der Waals surface area contributed by atoms with Crippen molar-refractivity contribution in [2.75, 3.05) is 11.1 Å². The zero-order valence-electron chi connectivity index (χ0n) is 18.1. The number of thioether (sulfide) groups is 1. The van der Waals surface area contributed by atoms with Gasteiger partial charge in [-0.3, -0.25) is 4.79 Å². The zero-order chi connectivity index (χ0) is 23.5. The second-order valence-electron chi connectivity index (χ2n) is 7.54. The first-order valence-electron chi connectivity index (χ1n) is 10.4. The Bertz CT molecular complexity index is 1230. The Morgan fingerprint density at radius 2 is 2.09 bits per heavy atom. The highest BCUT2D eigenvalue weighted by molar-refractivity contribution is 7.99. The van der Waals surface area contributed by atoms with Crippen LogP contribution in [0.25, 0.3) is 0 Å². The average Bonchev–Trinajstić information content (AvgIpc) is 3.18. The maximum atomic E-state index is 12.4. The number of halogens is 2. The minimum atomic E-state index is -0.523. The summed E-state index contributed by atoms with van der Waals surface area (Å²) in [6, 6.07) is 12.3. The van der Waals surface area contributed by atoms with Crippen LogP contribution in [0.5, 0.6) is 5.75 Å². The van der Waals surface area contributed by atoms with Crippen LogP contribution in [-0.4, -0.2) is 26.4 Å². The molecule has 172 valence electrons. The van der Waals surface area contributed by atoms with Crippen LogP contribution in [0, 0.1) is 0 Å². The van der Waals surface area contributed by atoms with E-state index < -0.39 is 11.9 Å². The molecule has 0 radical (unpaired) electrons. The number of fused-ring (bicyclic) bond motifs is 1. The summed E-state index contributed by atoms with van der Waals surface area (Å²) < 4.78 is 7.70. The lowest BCUT2D eigenvalue weighted by molar-refractivity contribution is -0.115. The Morgan fingerprint density at radius 3 is 2.82 bits per heavy atom. The van der Waals surface area contributed by atoms with Gasteiger partial charge in [0.25, 0.3) is 0 Å². The zero-order valence-corrected chi connectivity index (χ0v) is 20.5. The van der Waals surface area contributed by atoms with Gasteiger partial charge in [-0.05, 0) is 43.2 Å². The minimum absolute atomic E-state index is 0.273. The van der Waals surface area contributed by atoms with Gasteiger partial charge in [0, 0.05) is 27.1 Å². The molecular weight excluding hydrogens is 481 g/mol. The van der Waals surface area contributed by atoms with Gasteiger partial charge in [0.05, 0.1) is 5.57 Å². The van der Waals surface area contributed by atoms with Crippen LogP contribution in [-0.2, 0) is 11.4 Å². The normalized spacial score (nSPS) is 15.2. The highest BCUT2D eigenvalue weighted by Crippen LogP contribution is 2.37. The van der Waals surface area contributed by atoms with Crippen molar-refractivity contribution in [3.8, 4) is 5.75 Å². The fraction of sp³-hybridized carbons (Fsp3) is 0.261. The Balaban J connectivity index is 1.66. The molecule has 7 nitrogen and oxygen atoms in total. The predicted octanol–water partition coefficient (Wildman–Crippen LogP) is 5.44. The summed E-state index contributed by atoms with van der Waals surface area (Å²) in [6.07, 6.45) is 1.01. The van der Waals surface area contributed by atoms with Crippen molar-refractivity contribution in [2.45, 2.75) is 38.1 Å². The Morgan fingerprint density at radius 1 is 1.27 bits per heavy atom. The van der Waals surface area contributed by atoms with E-state index in [9.17, 15) is 4.79 Å². The fourth-order valence-corrected chi connectivity index (χ4v) is 4.73. The molecule has 1 unspecified atom stereocenters. The molecule has 1 aromatic heterocycles. The molecule has 4 rings (SSSR count). The van der Waals surface area contributed by atoms with E-state index >= 15 is 0 Å². The number of primary amides is 1. The number of nitrogens with two attached hydrogens (primary N) is 1. The third-order valence-corrected chi connectivity index (χ3v) is 6.75. The lowest BCUT2D eigenvalue weighted by Crippen LogP contribution is -2.31. The van der Waals surface area contributed by atoms with E-state index in [1.165, 1.54) is 0 Å². The van der Waals surface area contributed by atoms with Gasteiger partial charge in [-0.25, -0.2) is 4.68 Å². The summed E-state index contributed by atoms with van der Waals surface area (Å²) in [6.45, 7) is 4.19. The van der Waals surface area contributed by atoms with E-state index in [1.54, 1.807) is 28.6 Å². The van der Waals surface area contributed by atoms with Crippen LogP contribution < -0.4 is 15.8 Å². The van der Waals surface area contributed by atoms with Crippen LogP contribution in [0.1, 0.15) is 37.4 Å². The van der Waals surface area contributed by atoms with E-state index in [0.717, 1.165) is 23.3 Å². The van der Waals surface area contributed by atoms with Crippen molar-refractivity contribution in [3.63, 3.8) is 0 Å². The van der Waals surface area contributed by atoms with E-state index in [0.29, 0.717) is 38.2 Å². The van der Waals surface area contributed by atoms with E-state index in [2.05, 4.69) is 22.3 Å². The number of amides is 1. The predicted molar refractivity (Wildman–Crippen MR) is 132 cm³/mol. The molecule has 33 heavy (non-hydrogen) atoms. The third-order valence-electron chi connectivity index (χ3n) is 5.12. The van der Waals surface area contributed by atoms with Crippen LogP contribution in [0.3, 0.4) is 0 Å². The van der Waals surface area contributed by atoms with Gasteiger partial charge in [0.15, 0.2) is 0 Å².